The number of likely N-dealkylation sites (tertiary alicyclic amines) is 1. The molecule has 1 amide bonds. The molecule has 1 saturated heterocycles. The van der Waals surface area contributed by atoms with Crippen LogP contribution in [0.2, 0.25) is 0 Å². The number of hydrogen-bond donors (Lipinski definition) is 1. The fourth-order valence-electron chi connectivity index (χ4n) is 3.82. The van der Waals surface area contributed by atoms with Gasteiger partial charge in [-0.2, -0.15) is 0 Å². The first-order valence-corrected chi connectivity index (χ1v) is 9.47. The summed E-state index contributed by atoms with van der Waals surface area (Å²) in [7, 11) is 1.84. The molecule has 0 radical (unpaired) electrons. The summed E-state index contributed by atoms with van der Waals surface area (Å²) in [5, 5.41) is 3.43. The number of rotatable bonds is 4. The van der Waals surface area contributed by atoms with Crippen molar-refractivity contribution in [3.05, 3.63) is 35.4 Å². The van der Waals surface area contributed by atoms with Crippen LogP contribution in [-0.4, -0.2) is 48.3 Å². The Balaban J connectivity index is 0.00000243. The van der Waals surface area contributed by atoms with Gasteiger partial charge in [-0.3, -0.25) is 9.79 Å². The zero-order chi connectivity index (χ0) is 17.6. The van der Waals surface area contributed by atoms with E-state index in [2.05, 4.69) is 34.3 Å². The lowest BCUT2D eigenvalue weighted by molar-refractivity contribution is -0.131. The van der Waals surface area contributed by atoms with Gasteiger partial charge < -0.3 is 15.1 Å². The molecule has 26 heavy (non-hydrogen) atoms. The van der Waals surface area contributed by atoms with E-state index in [1.807, 2.05) is 24.1 Å². The first kappa shape index (κ1) is 21.0. The Hall–Kier alpha value is -1.31. The fraction of sp³-hybridized carbons (Fsp3) is 0.600. The van der Waals surface area contributed by atoms with Crippen LogP contribution in [-0.2, 0) is 17.9 Å². The van der Waals surface area contributed by atoms with Crippen LogP contribution in [0.4, 0.5) is 0 Å². The minimum atomic E-state index is 0. The Labute approximate surface area is 174 Å². The van der Waals surface area contributed by atoms with Crippen molar-refractivity contribution in [3.63, 3.8) is 0 Å². The molecule has 144 valence electrons. The van der Waals surface area contributed by atoms with Crippen LogP contribution >= 0.6 is 24.0 Å². The summed E-state index contributed by atoms with van der Waals surface area (Å²) in [6.07, 6.45) is 3.97. The number of carbonyl (C=O) groups is 1. The molecular formula is C20H31IN4O. The lowest BCUT2D eigenvalue weighted by atomic mass is 10.0. The van der Waals surface area contributed by atoms with Gasteiger partial charge in [0.05, 0.1) is 0 Å². The molecule has 2 aliphatic heterocycles. The predicted octanol–water partition coefficient (Wildman–Crippen LogP) is 3.23. The van der Waals surface area contributed by atoms with Crippen molar-refractivity contribution >= 4 is 35.8 Å². The minimum Gasteiger partial charge on any atom is -0.356 e. The molecule has 0 aromatic heterocycles. The summed E-state index contributed by atoms with van der Waals surface area (Å²) in [5.74, 6) is 1.96. The van der Waals surface area contributed by atoms with E-state index in [1.165, 1.54) is 24.0 Å². The Morgan fingerprint density at radius 3 is 2.54 bits per heavy atom. The Morgan fingerprint density at radius 1 is 1.23 bits per heavy atom. The first-order valence-electron chi connectivity index (χ1n) is 9.47. The molecule has 0 spiro atoms. The number of halogens is 1. The van der Waals surface area contributed by atoms with Crippen LogP contribution in [0.1, 0.15) is 43.7 Å². The molecule has 1 unspecified atom stereocenters. The van der Waals surface area contributed by atoms with Gasteiger partial charge in [0.25, 0.3) is 0 Å². The number of guanidine groups is 1. The Bertz CT molecular complexity index is 609. The highest BCUT2D eigenvalue weighted by atomic mass is 127. The van der Waals surface area contributed by atoms with Crippen LogP contribution in [0.3, 0.4) is 0 Å². The molecule has 2 aliphatic rings. The van der Waals surface area contributed by atoms with E-state index in [-0.39, 0.29) is 29.9 Å². The van der Waals surface area contributed by atoms with E-state index in [0.29, 0.717) is 6.42 Å². The largest absolute Gasteiger partial charge is 0.356 e. The van der Waals surface area contributed by atoms with Crippen molar-refractivity contribution in [2.75, 3.05) is 26.7 Å². The molecule has 3 rings (SSSR count). The van der Waals surface area contributed by atoms with Crippen molar-refractivity contribution in [2.45, 2.75) is 45.7 Å². The van der Waals surface area contributed by atoms with Crippen LogP contribution in [0.5, 0.6) is 0 Å². The Kier molecular flexibility index (Phi) is 8.18. The van der Waals surface area contributed by atoms with Crippen molar-refractivity contribution in [1.82, 2.24) is 15.1 Å². The zero-order valence-electron chi connectivity index (χ0n) is 15.9. The van der Waals surface area contributed by atoms with Crippen LogP contribution in [0.15, 0.2) is 29.3 Å². The topological polar surface area (TPSA) is 47.9 Å². The lowest BCUT2D eigenvalue weighted by Gasteiger charge is -2.33. The molecule has 2 heterocycles. The van der Waals surface area contributed by atoms with Gasteiger partial charge in [-0.15, -0.1) is 24.0 Å². The van der Waals surface area contributed by atoms with Crippen LogP contribution in [0, 0.1) is 5.92 Å². The molecule has 0 bridgehead atoms. The predicted molar refractivity (Wildman–Crippen MR) is 117 cm³/mol. The molecule has 6 heteroatoms. The summed E-state index contributed by atoms with van der Waals surface area (Å²) >= 11 is 0. The third-order valence-corrected chi connectivity index (χ3v) is 5.21. The second-order valence-electron chi connectivity index (χ2n) is 7.29. The summed E-state index contributed by atoms with van der Waals surface area (Å²) in [4.78, 5) is 21.1. The van der Waals surface area contributed by atoms with Crippen molar-refractivity contribution in [1.29, 1.82) is 0 Å². The third-order valence-electron chi connectivity index (χ3n) is 5.21. The van der Waals surface area contributed by atoms with Gasteiger partial charge >= 0.3 is 0 Å². The maximum Gasteiger partial charge on any atom is 0.223 e. The molecule has 1 aromatic carbocycles. The number of piperidine rings is 1. The van der Waals surface area contributed by atoms with Gasteiger partial charge in [0.2, 0.25) is 5.91 Å². The number of carbonyl (C=O) groups excluding carboxylic acids is 1. The number of nitrogens with zero attached hydrogens (tertiary/aromatic N) is 3. The highest BCUT2D eigenvalue weighted by molar-refractivity contribution is 14.0. The number of nitrogens with one attached hydrogen (secondary N) is 1. The molecule has 0 saturated carbocycles. The average Bonchev–Trinajstić information content (AvgIpc) is 3.06. The standard InChI is InChI=1S/C20H30N4O.HI/c1-16-7-6-12-23(13-16)20(21-2)22-11-5-10-19(25)24-14-17-8-3-4-9-18(17)15-24;/h3-4,8-9,16H,5-7,10-15H2,1-2H3,(H,21,22);1H. The maximum absolute atomic E-state index is 12.4. The van der Waals surface area contributed by atoms with Gasteiger partial charge in [0.1, 0.15) is 0 Å². The van der Waals surface area contributed by atoms with Crippen molar-refractivity contribution < 1.29 is 4.79 Å². The molecule has 1 atom stereocenters. The molecule has 1 N–H and O–H groups in total. The van der Waals surface area contributed by atoms with Crippen LogP contribution < -0.4 is 5.32 Å². The summed E-state index contributed by atoms with van der Waals surface area (Å²) in [6, 6.07) is 8.33. The number of fused-ring (bicyclic) bond motifs is 1. The van der Waals surface area contributed by atoms with E-state index in [1.54, 1.807) is 0 Å². The summed E-state index contributed by atoms with van der Waals surface area (Å²) in [5.41, 5.74) is 2.57. The van der Waals surface area contributed by atoms with E-state index in [9.17, 15) is 4.79 Å². The Morgan fingerprint density at radius 2 is 1.92 bits per heavy atom. The molecule has 5 nitrogen and oxygen atoms in total. The number of aliphatic imine (C=N–C) groups is 1. The SMILES string of the molecule is CN=C(NCCCC(=O)N1Cc2ccccc2C1)N1CCCC(C)C1.I. The summed E-state index contributed by atoms with van der Waals surface area (Å²) < 4.78 is 0. The molecule has 1 fully saturated rings. The normalized spacial score (nSPS) is 19.8. The van der Waals surface area contributed by atoms with Gasteiger partial charge in [-0.1, -0.05) is 31.2 Å². The monoisotopic (exact) mass is 470 g/mol. The highest BCUT2D eigenvalue weighted by Crippen LogP contribution is 2.22. The second-order valence-corrected chi connectivity index (χ2v) is 7.29. The van der Waals surface area contributed by atoms with Gasteiger partial charge in [0, 0.05) is 46.2 Å². The van der Waals surface area contributed by atoms with Gasteiger partial charge in [-0.25, -0.2) is 0 Å². The van der Waals surface area contributed by atoms with Crippen LogP contribution in [0.25, 0.3) is 0 Å². The third kappa shape index (κ3) is 5.34. The maximum atomic E-state index is 12.4. The van der Waals surface area contributed by atoms with Crippen molar-refractivity contribution in [3.8, 4) is 0 Å². The number of benzene rings is 1. The minimum absolute atomic E-state index is 0. The van der Waals surface area contributed by atoms with E-state index >= 15 is 0 Å². The fourth-order valence-corrected chi connectivity index (χ4v) is 3.82. The number of amides is 1. The van der Waals surface area contributed by atoms with Gasteiger partial charge in [0.15, 0.2) is 5.96 Å². The van der Waals surface area contributed by atoms with Gasteiger partial charge in [-0.05, 0) is 36.3 Å². The summed E-state index contributed by atoms with van der Waals surface area (Å²) in [6.45, 7) is 6.77. The average molecular weight is 470 g/mol. The van der Waals surface area contributed by atoms with E-state index in [0.717, 1.165) is 51.0 Å². The lowest BCUT2D eigenvalue weighted by Crippen LogP contribution is -2.46. The van der Waals surface area contributed by atoms with E-state index in [4.69, 9.17) is 0 Å². The van der Waals surface area contributed by atoms with Crippen molar-refractivity contribution in [2.24, 2.45) is 10.9 Å². The second kappa shape index (κ2) is 10.1. The first-order chi connectivity index (χ1) is 12.2. The molecular weight excluding hydrogens is 439 g/mol. The zero-order valence-corrected chi connectivity index (χ0v) is 18.2. The molecule has 0 aliphatic carbocycles. The molecule has 1 aromatic rings. The van der Waals surface area contributed by atoms with E-state index < -0.39 is 0 Å². The quantitative estimate of drug-likeness (QED) is 0.318. The highest BCUT2D eigenvalue weighted by Gasteiger charge is 2.22. The smallest absolute Gasteiger partial charge is 0.223 e. The number of hydrogen-bond acceptors (Lipinski definition) is 2.